The molecule has 1 aliphatic rings. The van der Waals surface area contributed by atoms with Crippen molar-refractivity contribution in [2.75, 3.05) is 18.4 Å². The molecule has 25 heavy (non-hydrogen) atoms. The number of rotatable bonds is 7. The molecule has 0 saturated carbocycles. The van der Waals surface area contributed by atoms with Crippen molar-refractivity contribution >= 4 is 29.9 Å². The minimum atomic E-state index is -0.466. The third kappa shape index (κ3) is 6.65. The summed E-state index contributed by atoms with van der Waals surface area (Å²) in [6.45, 7) is 4.54. The largest absolute Gasteiger partial charge is 0.369 e. The molecule has 2 amide bonds. The lowest BCUT2D eigenvalue weighted by molar-refractivity contribution is -0.123. The number of amides is 2. The molecule has 1 atom stereocenters. The molecular formula is C18H29ClN4O2. The average molecular weight is 369 g/mol. The molecule has 6 nitrogen and oxygen atoms in total. The molecule has 1 aromatic rings. The first-order valence-electron chi connectivity index (χ1n) is 8.66. The van der Waals surface area contributed by atoms with Gasteiger partial charge in [0.1, 0.15) is 0 Å². The Balaban J connectivity index is 0.00000312. The summed E-state index contributed by atoms with van der Waals surface area (Å²) in [6.07, 6.45) is 3.20. The zero-order valence-electron chi connectivity index (χ0n) is 14.7. The minimum Gasteiger partial charge on any atom is -0.369 e. The average Bonchev–Trinajstić information content (AvgIpc) is 2.56. The lowest BCUT2D eigenvalue weighted by Crippen LogP contribution is -2.38. The normalized spacial score (nSPS) is 16.7. The smallest absolute Gasteiger partial charge is 0.241 e. The Morgan fingerprint density at radius 1 is 1.32 bits per heavy atom. The maximum atomic E-state index is 12.0. The molecule has 1 unspecified atom stereocenters. The first-order valence-corrected chi connectivity index (χ1v) is 8.66. The first-order chi connectivity index (χ1) is 11.5. The van der Waals surface area contributed by atoms with Gasteiger partial charge in [-0.2, -0.15) is 0 Å². The lowest BCUT2D eigenvalue weighted by Gasteiger charge is -2.30. The molecule has 0 aliphatic carbocycles. The molecule has 1 aliphatic heterocycles. The maximum absolute atomic E-state index is 12.0. The highest BCUT2D eigenvalue weighted by Crippen LogP contribution is 2.20. The molecular weight excluding hydrogens is 340 g/mol. The number of carbonyl (C=O) groups excluding carboxylic acids is 2. The summed E-state index contributed by atoms with van der Waals surface area (Å²) in [5, 5.41) is 2.88. The van der Waals surface area contributed by atoms with Gasteiger partial charge in [-0.3, -0.25) is 14.5 Å². The van der Waals surface area contributed by atoms with Gasteiger partial charge in [0.25, 0.3) is 0 Å². The van der Waals surface area contributed by atoms with Crippen molar-refractivity contribution in [3.8, 4) is 0 Å². The monoisotopic (exact) mass is 368 g/mol. The molecule has 7 heteroatoms. The van der Waals surface area contributed by atoms with Crippen LogP contribution in [0.15, 0.2) is 24.3 Å². The number of likely N-dealkylation sites (tertiary alicyclic amines) is 1. The summed E-state index contributed by atoms with van der Waals surface area (Å²) in [7, 11) is 0. The Kier molecular flexibility index (Phi) is 8.89. The van der Waals surface area contributed by atoms with Crippen LogP contribution < -0.4 is 16.8 Å². The Morgan fingerprint density at radius 3 is 2.60 bits per heavy atom. The SMILES string of the molecule is CCCC(N)C(=O)Nc1cccc(CN2CCC(C(N)=O)CC2)c1.Cl. The number of piperidine rings is 1. The third-order valence-electron chi connectivity index (χ3n) is 4.53. The Bertz CT molecular complexity index is 574. The minimum absolute atomic E-state index is 0. The first kappa shape index (κ1) is 21.4. The van der Waals surface area contributed by atoms with E-state index in [9.17, 15) is 9.59 Å². The number of nitrogens with one attached hydrogen (secondary N) is 1. The van der Waals surface area contributed by atoms with E-state index in [1.54, 1.807) is 0 Å². The van der Waals surface area contributed by atoms with Gasteiger partial charge in [-0.1, -0.05) is 25.5 Å². The van der Waals surface area contributed by atoms with Crippen LogP contribution >= 0.6 is 12.4 Å². The van der Waals surface area contributed by atoms with Crippen molar-refractivity contribution in [3.63, 3.8) is 0 Å². The van der Waals surface area contributed by atoms with Crippen LogP contribution in [0.4, 0.5) is 5.69 Å². The van der Waals surface area contributed by atoms with Crippen molar-refractivity contribution in [2.24, 2.45) is 17.4 Å². The summed E-state index contributed by atoms with van der Waals surface area (Å²) in [5.41, 5.74) is 13.1. The Hall–Kier alpha value is -1.63. The van der Waals surface area contributed by atoms with Gasteiger partial charge in [-0.15, -0.1) is 12.4 Å². The van der Waals surface area contributed by atoms with Crippen LogP contribution in [0.3, 0.4) is 0 Å². The molecule has 0 spiro atoms. The molecule has 0 aromatic heterocycles. The third-order valence-corrected chi connectivity index (χ3v) is 4.53. The number of primary amides is 1. The van der Waals surface area contributed by atoms with Gasteiger partial charge < -0.3 is 16.8 Å². The van der Waals surface area contributed by atoms with Crippen LogP contribution in [0, 0.1) is 5.92 Å². The highest BCUT2D eigenvalue weighted by atomic mass is 35.5. The Morgan fingerprint density at radius 2 is 2.00 bits per heavy atom. The fourth-order valence-electron chi connectivity index (χ4n) is 3.06. The van der Waals surface area contributed by atoms with Gasteiger partial charge in [-0.25, -0.2) is 0 Å². The molecule has 0 bridgehead atoms. The maximum Gasteiger partial charge on any atom is 0.241 e. The van der Waals surface area contributed by atoms with Gasteiger partial charge in [0, 0.05) is 18.2 Å². The molecule has 1 saturated heterocycles. The van der Waals surface area contributed by atoms with Crippen LogP contribution in [-0.4, -0.2) is 35.8 Å². The van der Waals surface area contributed by atoms with Gasteiger partial charge in [-0.05, 0) is 50.0 Å². The number of benzene rings is 1. The highest BCUT2D eigenvalue weighted by molar-refractivity contribution is 5.94. The molecule has 5 N–H and O–H groups in total. The summed E-state index contributed by atoms with van der Waals surface area (Å²) in [5.74, 6) is -0.328. The van der Waals surface area contributed by atoms with Gasteiger partial charge >= 0.3 is 0 Å². The lowest BCUT2D eigenvalue weighted by atomic mass is 9.96. The topological polar surface area (TPSA) is 101 Å². The number of nitrogens with two attached hydrogens (primary N) is 2. The molecule has 1 heterocycles. The van der Waals surface area contributed by atoms with Crippen LogP contribution in [0.25, 0.3) is 0 Å². The molecule has 1 aromatic carbocycles. The van der Waals surface area contributed by atoms with E-state index >= 15 is 0 Å². The summed E-state index contributed by atoms with van der Waals surface area (Å²) in [6, 6.07) is 7.37. The van der Waals surface area contributed by atoms with E-state index < -0.39 is 6.04 Å². The van der Waals surface area contributed by atoms with Gasteiger partial charge in [0.15, 0.2) is 0 Å². The number of carbonyl (C=O) groups is 2. The number of nitrogens with zero attached hydrogens (tertiary/aromatic N) is 1. The van der Waals surface area contributed by atoms with Crippen molar-refractivity contribution in [3.05, 3.63) is 29.8 Å². The van der Waals surface area contributed by atoms with E-state index in [1.165, 1.54) is 0 Å². The van der Waals surface area contributed by atoms with Crippen LogP contribution in [0.1, 0.15) is 38.2 Å². The second-order valence-corrected chi connectivity index (χ2v) is 6.54. The number of hydrogen-bond acceptors (Lipinski definition) is 4. The van der Waals surface area contributed by atoms with E-state index in [1.807, 2.05) is 31.2 Å². The van der Waals surface area contributed by atoms with E-state index in [0.29, 0.717) is 6.42 Å². The molecule has 0 radical (unpaired) electrons. The van der Waals surface area contributed by atoms with E-state index in [0.717, 1.165) is 50.1 Å². The van der Waals surface area contributed by atoms with Crippen molar-refractivity contribution in [2.45, 2.75) is 45.2 Å². The number of anilines is 1. The van der Waals surface area contributed by atoms with Crippen molar-refractivity contribution in [1.29, 1.82) is 0 Å². The van der Waals surface area contributed by atoms with Crippen LogP contribution in [0.2, 0.25) is 0 Å². The van der Waals surface area contributed by atoms with E-state index in [4.69, 9.17) is 11.5 Å². The van der Waals surface area contributed by atoms with E-state index in [-0.39, 0.29) is 30.1 Å². The van der Waals surface area contributed by atoms with Crippen LogP contribution in [0.5, 0.6) is 0 Å². The van der Waals surface area contributed by atoms with Gasteiger partial charge in [0.2, 0.25) is 11.8 Å². The van der Waals surface area contributed by atoms with Gasteiger partial charge in [0.05, 0.1) is 6.04 Å². The Labute approximate surface area is 155 Å². The highest BCUT2D eigenvalue weighted by Gasteiger charge is 2.23. The summed E-state index contributed by atoms with van der Waals surface area (Å²) < 4.78 is 0. The fourth-order valence-corrected chi connectivity index (χ4v) is 3.06. The second kappa shape index (κ2) is 10.4. The summed E-state index contributed by atoms with van der Waals surface area (Å²) >= 11 is 0. The van der Waals surface area contributed by atoms with E-state index in [2.05, 4.69) is 10.2 Å². The van der Waals surface area contributed by atoms with Crippen molar-refractivity contribution < 1.29 is 9.59 Å². The zero-order chi connectivity index (χ0) is 17.5. The molecule has 140 valence electrons. The second-order valence-electron chi connectivity index (χ2n) is 6.54. The standard InChI is InChI=1S/C18H28N4O2.ClH/c1-2-4-16(19)18(24)21-15-6-3-5-13(11-15)12-22-9-7-14(8-10-22)17(20)23;/h3,5-6,11,14,16H,2,4,7-10,12,19H2,1H3,(H2,20,23)(H,21,24);1H. The van der Waals surface area contributed by atoms with Crippen LogP contribution in [-0.2, 0) is 16.1 Å². The number of halogens is 1. The molecule has 2 rings (SSSR count). The summed E-state index contributed by atoms with van der Waals surface area (Å²) in [4.78, 5) is 25.5. The fraction of sp³-hybridized carbons (Fsp3) is 0.556. The quantitative estimate of drug-likeness (QED) is 0.683. The zero-order valence-corrected chi connectivity index (χ0v) is 15.6. The molecule has 1 fully saturated rings. The predicted octanol–water partition coefficient (Wildman–Crippen LogP) is 1.87. The predicted molar refractivity (Wildman–Crippen MR) is 102 cm³/mol. The number of hydrogen-bond donors (Lipinski definition) is 3. The van der Waals surface area contributed by atoms with Crippen molar-refractivity contribution in [1.82, 2.24) is 4.90 Å².